The zero-order chi connectivity index (χ0) is 17.2. The second-order valence-electron chi connectivity index (χ2n) is 5.80. The fraction of sp³-hybridized carbons (Fsp3) is 0.353. The van der Waals surface area contributed by atoms with E-state index >= 15 is 0 Å². The van der Waals surface area contributed by atoms with Crippen LogP contribution in [0.4, 0.5) is 9.52 Å². The molecule has 2 aromatic rings. The number of halogens is 1. The molecule has 0 aliphatic heterocycles. The number of rotatable bonds is 5. The smallest absolute Gasteiger partial charge is 0.311 e. The van der Waals surface area contributed by atoms with Gasteiger partial charge >= 0.3 is 5.97 Å². The molecule has 1 aliphatic carbocycles. The number of esters is 1. The second kappa shape index (κ2) is 6.68. The third kappa shape index (κ3) is 3.17. The molecule has 1 amide bonds. The van der Waals surface area contributed by atoms with Gasteiger partial charge in [-0.3, -0.25) is 9.59 Å². The lowest BCUT2D eigenvalue weighted by Gasteiger charge is -2.40. The molecule has 1 N–H and O–H groups in total. The summed E-state index contributed by atoms with van der Waals surface area (Å²) in [5, 5.41) is 4.95. The number of benzene rings is 1. The number of ether oxygens (including phenoxy) is 1. The quantitative estimate of drug-likeness (QED) is 0.843. The highest BCUT2D eigenvalue weighted by Crippen LogP contribution is 2.44. The van der Waals surface area contributed by atoms with Crippen molar-refractivity contribution in [3.8, 4) is 0 Å². The number of nitrogens with zero attached hydrogens (tertiary/aromatic N) is 1. The van der Waals surface area contributed by atoms with Crippen LogP contribution in [0.15, 0.2) is 29.6 Å². The Balaban J connectivity index is 1.75. The highest BCUT2D eigenvalue weighted by molar-refractivity contribution is 7.13. The fourth-order valence-corrected chi connectivity index (χ4v) is 3.55. The Morgan fingerprint density at radius 1 is 1.42 bits per heavy atom. The highest BCUT2D eigenvalue weighted by Gasteiger charge is 2.46. The molecular formula is C17H17FN2O3S. The molecule has 3 rings (SSSR count). The Morgan fingerprint density at radius 3 is 2.83 bits per heavy atom. The van der Waals surface area contributed by atoms with E-state index in [-0.39, 0.29) is 24.1 Å². The minimum atomic E-state index is -0.698. The van der Waals surface area contributed by atoms with E-state index in [1.807, 2.05) is 0 Å². The van der Waals surface area contributed by atoms with E-state index in [1.54, 1.807) is 17.5 Å². The molecule has 0 unspecified atom stereocenters. The summed E-state index contributed by atoms with van der Waals surface area (Å²) >= 11 is 1.25. The van der Waals surface area contributed by atoms with Gasteiger partial charge < -0.3 is 10.1 Å². The predicted molar refractivity (Wildman–Crippen MR) is 88.4 cm³/mol. The summed E-state index contributed by atoms with van der Waals surface area (Å²) in [7, 11) is 1.32. The van der Waals surface area contributed by atoms with E-state index in [4.69, 9.17) is 0 Å². The van der Waals surface area contributed by atoms with Gasteiger partial charge in [0.1, 0.15) is 5.82 Å². The number of nitrogens with one attached hydrogen (secondary N) is 1. The summed E-state index contributed by atoms with van der Waals surface area (Å²) < 4.78 is 18.1. The Morgan fingerprint density at radius 2 is 2.21 bits per heavy atom. The van der Waals surface area contributed by atoms with Crippen LogP contribution < -0.4 is 5.32 Å². The molecule has 1 aliphatic rings. The van der Waals surface area contributed by atoms with Crippen molar-refractivity contribution in [3.05, 3.63) is 46.7 Å². The topological polar surface area (TPSA) is 68.3 Å². The Labute approximate surface area is 142 Å². The number of hydrogen-bond donors (Lipinski definition) is 1. The van der Waals surface area contributed by atoms with Crippen molar-refractivity contribution >= 4 is 28.3 Å². The first-order chi connectivity index (χ1) is 11.5. The maximum absolute atomic E-state index is 13.5. The molecule has 1 aromatic carbocycles. The lowest BCUT2D eigenvalue weighted by molar-refractivity contribution is -0.139. The molecule has 126 valence electrons. The third-order valence-corrected chi connectivity index (χ3v) is 5.15. The number of carbonyl (C=O) groups excluding carboxylic acids is 2. The second-order valence-corrected chi connectivity index (χ2v) is 6.66. The van der Waals surface area contributed by atoms with Gasteiger partial charge in [0.05, 0.1) is 24.6 Å². The Bertz CT molecular complexity index is 771. The van der Waals surface area contributed by atoms with E-state index < -0.39 is 5.41 Å². The molecular weight excluding hydrogens is 331 g/mol. The average molecular weight is 348 g/mol. The van der Waals surface area contributed by atoms with E-state index in [0.717, 1.165) is 6.42 Å². The summed E-state index contributed by atoms with van der Waals surface area (Å²) in [6.07, 6.45) is 2.36. The predicted octanol–water partition coefficient (Wildman–Crippen LogP) is 3.06. The van der Waals surface area contributed by atoms with Gasteiger partial charge in [0.25, 0.3) is 0 Å². The lowest BCUT2D eigenvalue weighted by atomic mass is 9.64. The maximum Gasteiger partial charge on any atom is 0.311 e. The molecule has 5 nitrogen and oxygen atoms in total. The minimum absolute atomic E-state index is 0.0674. The van der Waals surface area contributed by atoms with Crippen molar-refractivity contribution in [2.24, 2.45) is 0 Å². The summed E-state index contributed by atoms with van der Waals surface area (Å²) in [6, 6.07) is 6.19. The van der Waals surface area contributed by atoms with Crippen molar-refractivity contribution in [2.45, 2.75) is 31.1 Å². The number of carbonyl (C=O) groups is 2. The summed E-state index contributed by atoms with van der Waals surface area (Å²) in [6.45, 7) is 0. The van der Waals surface area contributed by atoms with Crippen LogP contribution in [0, 0.1) is 5.82 Å². The van der Waals surface area contributed by atoms with Crippen LogP contribution in [0.5, 0.6) is 0 Å². The first-order valence-corrected chi connectivity index (χ1v) is 8.50. The van der Waals surface area contributed by atoms with Gasteiger partial charge in [-0.25, -0.2) is 9.37 Å². The molecule has 0 bridgehead atoms. The van der Waals surface area contributed by atoms with Crippen molar-refractivity contribution in [3.63, 3.8) is 0 Å². The molecule has 0 saturated heterocycles. The van der Waals surface area contributed by atoms with E-state index in [1.165, 1.54) is 30.6 Å². The van der Waals surface area contributed by atoms with Gasteiger partial charge in [-0.05, 0) is 30.5 Å². The fourth-order valence-electron chi connectivity index (χ4n) is 2.85. The third-order valence-electron chi connectivity index (χ3n) is 4.34. The standard InChI is InChI=1S/C17H17FN2O3S/c1-23-14(21)9-13-10-24-16(19-13)20-15(22)17(6-3-7-17)11-4-2-5-12(18)8-11/h2,4-5,8,10H,3,6-7,9H2,1H3,(H,19,20,22). The largest absolute Gasteiger partial charge is 0.469 e. The SMILES string of the molecule is COC(=O)Cc1csc(NC(=O)C2(c3cccc(F)c3)CCC2)n1. The van der Waals surface area contributed by atoms with Crippen LogP contribution in [-0.4, -0.2) is 24.0 Å². The summed E-state index contributed by atoms with van der Waals surface area (Å²) in [4.78, 5) is 28.3. The van der Waals surface area contributed by atoms with Crippen molar-refractivity contribution in [1.82, 2.24) is 4.98 Å². The number of anilines is 1. The minimum Gasteiger partial charge on any atom is -0.469 e. The number of methoxy groups -OCH3 is 1. The van der Waals surface area contributed by atoms with E-state index in [9.17, 15) is 14.0 Å². The first-order valence-electron chi connectivity index (χ1n) is 7.62. The molecule has 1 aromatic heterocycles. The Kier molecular flexibility index (Phi) is 4.62. The number of aromatic nitrogens is 1. The molecule has 7 heteroatoms. The highest BCUT2D eigenvalue weighted by atomic mass is 32.1. The van der Waals surface area contributed by atoms with Crippen LogP contribution in [-0.2, 0) is 26.2 Å². The number of hydrogen-bond acceptors (Lipinski definition) is 5. The average Bonchev–Trinajstić information content (AvgIpc) is 2.93. The molecule has 0 spiro atoms. The van der Waals surface area contributed by atoms with Gasteiger partial charge in [0, 0.05) is 5.38 Å². The monoisotopic (exact) mass is 348 g/mol. The summed E-state index contributed by atoms with van der Waals surface area (Å²) in [5.41, 5.74) is 0.546. The van der Waals surface area contributed by atoms with Gasteiger partial charge in [-0.1, -0.05) is 18.6 Å². The van der Waals surface area contributed by atoms with Crippen molar-refractivity contribution in [2.75, 3.05) is 12.4 Å². The van der Waals surface area contributed by atoms with Crippen LogP contribution in [0.1, 0.15) is 30.5 Å². The number of amides is 1. The van der Waals surface area contributed by atoms with Crippen LogP contribution in [0.2, 0.25) is 0 Å². The van der Waals surface area contributed by atoms with Gasteiger partial charge in [0.2, 0.25) is 5.91 Å². The molecule has 1 saturated carbocycles. The van der Waals surface area contributed by atoms with Gasteiger partial charge in [0.15, 0.2) is 5.13 Å². The number of thiazole rings is 1. The molecule has 1 fully saturated rings. The van der Waals surface area contributed by atoms with Gasteiger partial charge in [-0.2, -0.15) is 0 Å². The Hall–Kier alpha value is -2.28. The van der Waals surface area contributed by atoms with Crippen LogP contribution in [0.25, 0.3) is 0 Å². The van der Waals surface area contributed by atoms with Crippen molar-refractivity contribution in [1.29, 1.82) is 0 Å². The van der Waals surface area contributed by atoms with E-state index in [2.05, 4.69) is 15.0 Å². The normalized spacial score (nSPS) is 15.4. The summed E-state index contributed by atoms with van der Waals surface area (Å²) in [5.74, 6) is -0.909. The van der Waals surface area contributed by atoms with Crippen LogP contribution in [0.3, 0.4) is 0 Å². The zero-order valence-electron chi connectivity index (χ0n) is 13.2. The zero-order valence-corrected chi connectivity index (χ0v) is 14.0. The molecule has 24 heavy (non-hydrogen) atoms. The maximum atomic E-state index is 13.5. The van der Waals surface area contributed by atoms with E-state index in [0.29, 0.717) is 29.2 Å². The first kappa shape index (κ1) is 16.6. The molecule has 0 atom stereocenters. The molecule has 0 radical (unpaired) electrons. The van der Waals surface area contributed by atoms with Crippen molar-refractivity contribution < 1.29 is 18.7 Å². The van der Waals surface area contributed by atoms with Crippen LogP contribution >= 0.6 is 11.3 Å². The molecule has 1 heterocycles. The van der Waals surface area contributed by atoms with Gasteiger partial charge in [-0.15, -0.1) is 11.3 Å². The lowest BCUT2D eigenvalue weighted by Crippen LogP contribution is -2.46.